The van der Waals surface area contributed by atoms with E-state index in [0.717, 1.165) is 10.6 Å². The predicted molar refractivity (Wildman–Crippen MR) is 55.1 cm³/mol. The van der Waals surface area contributed by atoms with E-state index < -0.39 is 15.9 Å². The minimum Gasteiger partial charge on any atom is -0.373 e. The van der Waals surface area contributed by atoms with E-state index in [1.807, 2.05) is 0 Å². The molecule has 1 aromatic rings. The fraction of sp³-hybridized carbons (Fsp3) is 0.250. The van der Waals surface area contributed by atoms with Crippen LogP contribution in [-0.4, -0.2) is 32.1 Å². The Morgan fingerprint density at radius 1 is 1.53 bits per heavy atom. The van der Waals surface area contributed by atoms with Crippen molar-refractivity contribution in [1.82, 2.24) is 4.98 Å². The Labute approximate surface area is 87.0 Å². The van der Waals surface area contributed by atoms with Gasteiger partial charge in [-0.25, -0.2) is 12.7 Å². The van der Waals surface area contributed by atoms with E-state index in [0.29, 0.717) is 11.4 Å². The fourth-order valence-electron chi connectivity index (χ4n) is 1.44. The first-order valence-electron chi connectivity index (χ1n) is 4.21. The number of aromatic nitrogens is 1. The molecule has 15 heavy (non-hydrogen) atoms. The van der Waals surface area contributed by atoms with Gasteiger partial charge in [0.1, 0.15) is 0 Å². The van der Waals surface area contributed by atoms with E-state index >= 15 is 0 Å². The molecule has 1 aliphatic heterocycles. The summed E-state index contributed by atoms with van der Waals surface area (Å²) in [5, 5.41) is 2.80. The molecule has 1 aromatic heterocycles. The van der Waals surface area contributed by atoms with Crippen molar-refractivity contribution in [1.29, 1.82) is 0 Å². The molecule has 80 valence electrons. The van der Waals surface area contributed by atoms with Gasteiger partial charge in [0.2, 0.25) is 10.0 Å². The number of fused-ring (bicyclic) bond motifs is 1. The largest absolute Gasteiger partial charge is 0.373 e. The second-order valence-corrected chi connectivity index (χ2v) is 5.00. The average molecular weight is 227 g/mol. The highest BCUT2D eigenvalue weighted by Gasteiger charge is 2.30. The van der Waals surface area contributed by atoms with Crippen molar-refractivity contribution in [2.45, 2.75) is 0 Å². The van der Waals surface area contributed by atoms with Crippen molar-refractivity contribution in [2.75, 3.05) is 22.4 Å². The summed E-state index contributed by atoms with van der Waals surface area (Å²) in [7, 11) is -3.57. The van der Waals surface area contributed by atoms with Gasteiger partial charge >= 0.3 is 0 Å². The number of amides is 1. The van der Waals surface area contributed by atoms with E-state index in [2.05, 4.69) is 10.3 Å². The van der Waals surface area contributed by atoms with Gasteiger partial charge in [-0.3, -0.25) is 9.78 Å². The van der Waals surface area contributed by atoms with Crippen LogP contribution in [0.3, 0.4) is 0 Å². The highest BCUT2D eigenvalue weighted by atomic mass is 32.2. The summed E-state index contributed by atoms with van der Waals surface area (Å²) in [5.74, 6) is -0.490. The Hall–Kier alpha value is -1.63. The molecule has 0 atom stereocenters. The Kier molecular flexibility index (Phi) is 2.11. The van der Waals surface area contributed by atoms with Gasteiger partial charge in [-0.05, 0) is 6.07 Å². The number of sulfonamides is 1. The van der Waals surface area contributed by atoms with Crippen LogP contribution in [-0.2, 0) is 14.8 Å². The van der Waals surface area contributed by atoms with Crippen molar-refractivity contribution in [3.8, 4) is 0 Å². The molecule has 1 N–H and O–H groups in total. The fourth-order valence-corrected chi connectivity index (χ4v) is 2.39. The van der Waals surface area contributed by atoms with Gasteiger partial charge in [-0.2, -0.15) is 0 Å². The summed E-state index contributed by atoms with van der Waals surface area (Å²) in [5.41, 5.74) is 0.867. The van der Waals surface area contributed by atoms with Gasteiger partial charge in [-0.15, -0.1) is 0 Å². The van der Waals surface area contributed by atoms with Crippen LogP contribution >= 0.6 is 0 Å². The molecule has 0 fully saturated rings. The molecule has 0 radical (unpaired) electrons. The number of nitrogens with one attached hydrogen (secondary N) is 1. The topological polar surface area (TPSA) is 79.4 Å². The normalized spacial score (nSPS) is 15.8. The maximum Gasteiger partial charge on any atom is 0.260 e. The maximum absolute atomic E-state index is 11.5. The summed E-state index contributed by atoms with van der Waals surface area (Å²) in [6, 6.07) is 1.49. The van der Waals surface area contributed by atoms with Crippen LogP contribution in [0.15, 0.2) is 18.5 Å². The molecular formula is C8H9N3O3S. The zero-order valence-corrected chi connectivity index (χ0v) is 8.78. The molecule has 2 heterocycles. The number of carbonyl (C=O) groups is 1. The van der Waals surface area contributed by atoms with Crippen molar-refractivity contribution in [2.24, 2.45) is 0 Å². The minimum atomic E-state index is -3.57. The summed E-state index contributed by atoms with van der Waals surface area (Å²) >= 11 is 0. The third-order valence-electron chi connectivity index (χ3n) is 2.01. The first kappa shape index (κ1) is 9.91. The smallest absolute Gasteiger partial charge is 0.260 e. The Morgan fingerprint density at radius 2 is 2.27 bits per heavy atom. The van der Waals surface area contributed by atoms with Crippen LogP contribution in [0.1, 0.15) is 0 Å². The predicted octanol–water partition coefficient (Wildman–Crippen LogP) is -0.200. The lowest BCUT2D eigenvalue weighted by Gasteiger charge is -2.27. The maximum atomic E-state index is 11.5. The van der Waals surface area contributed by atoms with E-state index in [-0.39, 0.29) is 6.54 Å². The average Bonchev–Trinajstić information content (AvgIpc) is 2.15. The van der Waals surface area contributed by atoms with Crippen LogP contribution in [0.5, 0.6) is 0 Å². The molecule has 0 bridgehead atoms. The lowest BCUT2D eigenvalue weighted by molar-refractivity contribution is -0.116. The highest BCUT2D eigenvalue weighted by molar-refractivity contribution is 7.92. The van der Waals surface area contributed by atoms with E-state index in [1.54, 1.807) is 0 Å². The quantitative estimate of drug-likeness (QED) is 0.718. The lowest BCUT2D eigenvalue weighted by Crippen LogP contribution is -2.43. The summed E-state index contributed by atoms with van der Waals surface area (Å²) in [6.07, 6.45) is 3.93. The van der Waals surface area contributed by atoms with E-state index in [9.17, 15) is 13.2 Å². The number of hydrogen-bond donors (Lipinski definition) is 1. The van der Waals surface area contributed by atoms with Crippen molar-refractivity contribution in [3.63, 3.8) is 0 Å². The molecule has 6 nitrogen and oxygen atoms in total. The van der Waals surface area contributed by atoms with Crippen LogP contribution < -0.4 is 9.62 Å². The zero-order valence-electron chi connectivity index (χ0n) is 7.97. The number of carbonyl (C=O) groups excluding carboxylic acids is 1. The number of anilines is 2. The Bertz CT molecular complexity index is 512. The SMILES string of the molecule is CS(=O)(=O)N1C(=O)CNc2cnccc21. The second kappa shape index (κ2) is 3.20. The van der Waals surface area contributed by atoms with Crippen molar-refractivity contribution < 1.29 is 13.2 Å². The molecule has 0 aromatic carbocycles. The van der Waals surface area contributed by atoms with Gasteiger partial charge < -0.3 is 5.32 Å². The number of rotatable bonds is 1. The van der Waals surface area contributed by atoms with Crippen molar-refractivity contribution in [3.05, 3.63) is 18.5 Å². The summed E-state index contributed by atoms with van der Waals surface area (Å²) in [4.78, 5) is 15.3. The molecule has 0 saturated carbocycles. The Balaban J connectivity index is 2.61. The lowest BCUT2D eigenvalue weighted by atomic mass is 10.3. The molecule has 0 spiro atoms. The monoisotopic (exact) mass is 227 g/mol. The van der Waals surface area contributed by atoms with Gasteiger partial charge in [0.15, 0.2) is 0 Å². The number of hydrogen-bond acceptors (Lipinski definition) is 5. The number of pyridine rings is 1. The highest BCUT2D eigenvalue weighted by Crippen LogP contribution is 2.29. The first-order chi connectivity index (χ1) is 7.00. The molecule has 2 rings (SSSR count). The molecule has 0 unspecified atom stereocenters. The Morgan fingerprint density at radius 3 is 2.93 bits per heavy atom. The van der Waals surface area contributed by atoms with Crippen molar-refractivity contribution >= 4 is 27.3 Å². The third kappa shape index (κ3) is 1.65. The first-order valence-corrected chi connectivity index (χ1v) is 6.06. The molecule has 1 aliphatic rings. The molecule has 0 aliphatic carbocycles. The summed E-state index contributed by atoms with van der Waals surface area (Å²) in [6.45, 7) is -0.0359. The summed E-state index contributed by atoms with van der Waals surface area (Å²) < 4.78 is 23.6. The van der Waals surface area contributed by atoms with Crippen LogP contribution in [0.25, 0.3) is 0 Å². The zero-order chi connectivity index (χ0) is 11.1. The molecular weight excluding hydrogens is 218 g/mol. The van der Waals surface area contributed by atoms with Gasteiger partial charge in [0.05, 0.1) is 30.4 Å². The standard InChI is InChI=1S/C8H9N3O3S/c1-15(13,14)11-7-2-3-9-4-6(7)10-5-8(11)12/h2-4,10H,5H2,1H3. The molecule has 1 amide bonds. The molecule has 0 saturated heterocycles. The van der Waals surface area contributed by atoms with Crippen LogP contribution in [0.4, 0.5) is 11.4 Å². The third-order valence-corrected chi connectivity index (χ3v) is 3.07. The van der Waals surface area contributed by atoms with Gasteiger partial charge in [-0.1, -0.05) is 0 Å². The van der Waals surface area contributed by atoms with Crippen LogP contribution in [0.2, 0.25) is 0 Å². The van der Waals surface area contributed by atoms with E-state index in [4.69, 9.17) is 0 Å². The van der Waals surface area contributed by atoms with Gasteiger partial charge in [0, 0.05) is 6.20 Å². The second-order valence-electron chi connectivity index (χ2n) is 3.17. The molecule has 7 heteroatoms. The van der Waals surface area contributed by atoms with E-state index in [1.165, 1.54) is 18.5 Å². The van der Waals surface area contributed by atoms with Gasteiger partial charge in [0.25, 0.3) is 5.91 Å². The number of nitrogens with zero attached hydrogens (tertiary/aromatic N) is 2. The minimum absolute atomic E-state index is 0.0359. The van der Waals surface area contributed by atoms with Crippen LogP contribution in [0, 0.1) is 0 Å².